The summed E-state index contributed by atoms with van der Waals surface area (Å²) in [6.45, 7) is 1.97. The van der Waals surface area contributed by atoms with Gasteiger partial charge in [-0.05, 0) is 30.9 Å². The van der Waals surface area contributed by atoms with Crippen molar-refractivity contribution in [3.63, 3.8) is 0 Å². The van der Waals surface area contributed by atoms with Gasteiger partial charge in [0.1, 0.15) is 5.75 Å². The van der Waals surface area contributed by atoms with Gasteiger partial charge in [-0.1, -0.05) is 24.3 Å². The van der Waals surface area contributed by atoms with E-state index < -0.39 is 11.9 Å². The van der Waals surface area contributed by atoms with Crippen molar-refractivity contribution in [2.45, 2.75) is 19.8 Å². The number of Topliss-reactive ketones (excluding diaryl/α,β-unsaturated/α-hetero) is 1. The first-order valence-electron chi connectivity index (χ1n) is 9.05. The summed E-state index contributed by atoms with van der Waals surface area (Å²) in [6, 6.07) is 11.5. The number of fused-ring (bicyclic) bond motifs is 1. The third kappa shape index (κ3) is 6.03. The van der Waals surface area contributed by atoms with Gasteiger partial charge in [-0.2, -0.15) is 0 Å². The first kappa shape index (κ1) is 22.4. The summed E-state index contributed by atoms with van der Waals surface area (Å²) >= 11 is 0. The van der Waals surface area contributed by atoms with Crippen LogP contribution in [0.15, 0.2) is 54.9 Å². The predicted octanol–water partition coefficient (Wildman–Crippen LogP) is 3.41. The van der Waals surface area contributed by atoms with E-state index in [2.05, 4.69) is 9.97 Å². The van der Waals surface area contributed by atoms with Gasteiger partial charge in [0.2, 0.25) is 0 Å². The molecule has 0 bridgehead atoms. The number of imidazole rings is 1. The second-order valence-corrected chi connectivity index (χ2v) is 6.27. The van der Waals surface area contributed by atoms with E-state index >= 15 is 0 Å². The molecule has 3 rings (SSSR count). The summed E-state index contributed by atoms with van der Waals surface area (Å²) in [6.07, 6.45) is 3.87. The Morgan fingerprint density at radius 1 is 1.03 bits per heavy atom. The molecule has 0 fully saturated rings. The molecular formula is C22H22N2O6. The number of carbonyl (C=O) groups is 3. The average molecular weight is 410 g/mol. The molecular weight excluding hydrogens is 388 g/mol. The lowest BCUT2D eigenvalue weighted by Crippen LogP contribution is -2.03. The topological polar surface area (TPSA) is 130 Å². The maximum Gasteiger partial charge on any atom is 0.328 e. The standard InChI is InChI=1S/C18H18N2O2.C4H4O4/c1-12-16(20-11-19-12)8-9-17(21)14-7-10-18(22-2)15-6-4-3-5-13(14)15;5-3(6)1-2-4(7)8/h3-7,10-11H,8-9H2,1-2H3,(H,19,20);1-2H,(H,5,6)(H,7,8)/b;2-1-. The molecule has 0 aliphatic carbocycles. The number of carbonyl (C=O) groups excluding carboxylic acids is 1. The van der Waals surface area contributed by atoms with Crippen LogP contribution in [0.3, 0.4) is 0 Å². The van der Waals surface area contributed by atoms with Crippen molar-refractivity contribution >= 4 is 28.5 Å². The minimum absolute atomic E-state index is 0.126. The van der Waals surface area contributed by atoms with Crippen molar-refractivity contribution in [1.29, 1.82) is 0 Å². The van der Waals surface area contributed by atoms with Gasteiger partial charge in [0.15, 0.2) is 5.78 Å². The molecule has 3 N–H and O–H groups in total. The van der Waals surface area contributed by atoms with Crippen LogP contribution in [0.1, 0.15) is 28.2 Å². The normalized spacial score (nSPS) is 10.5. The van der Waals surface area contributed by atoms with Crippen molar-refractivity contribution in [3.05, 3.63) is 71.8 Å². The average Bonchev–Trinajstić information content (AvgIpc) is 3.15. The van der Waals surface area contributed by atoms with Gasteiger partial charge in [-0.15, -0.1) is 0 Å². The second-order valence-electron chi connectivity index (χ2n) is 6.27. The Bertz CT molecular complexity index is 1070. The number of nitrogens with zero attached hydrogens (tertiary/aromatic N) is 1. The van der Waals surface area contributed by atoms with Crippen LogP contribution < -0.4 is 4.74 Å². The van der Waals surface area contributed by atoms with E-state index in [0.717, 1.165) is 33.5 Å². The van der Waals surface area contributed by atoms with E-state index in [9.17, 15) is 14.4 Å². The van der Waals surface area contributed by atoms with E-state index in [1.54, 1.807) is 13.4 Å². The fourth-order valence-corrected chi connectivity index (χ4v) is 2.84. The monoisotopic (exact) mass is 410 g/mol. The number of benzene rings is 2. The van der Waals surface area contributed by atoms with Crippen molar-refractivity contribution in [2.24, 2.45) is 0 Å². The third-order valence-electron chi connectivity index (χ3n) is 4.30. The zero-order valence-corrected chi connectivity index (χ0v) is 16.6. The summed E-state index contributed by atoms with van der Waals surface area (Å²) in [4.78, 5) is 39.0. The van der Waals surface area contributed by atoms with Crippen LogP contribution in [0.5, 0.6) is 5.75 Å². The van der Waals surface area contributed by atoms with Gasteiger partial charge in [-0.25, -0.2) is 14.6 Å². The molecule has 8 nitrogen and oxygen atoms in total. The molecule has 0 saturated heterocycles. The zero-order chi connectivity index (χ0) is 22.1. The van der Waals surface area contributed by atoms with E-state index in [-0.39, 0.29) is 5.78 Å². The minimum atomic E-state index is -1.26. The number of aromatic nitrogens is 2. The fraction of sp³-hybridized carbons (Fsp3) is 0.182. The van der Waals surface area contributed by atoms with Crippen molar-refractivity contribution in [2.75, 3.05) is 7.11 Å². The maximum absolute atomic E-state index is 12.6. The van der Waals surface area contributed by atoms with Crippen LogP contribution in [-0.2, 0) is 16.0 Å². The molecule has 0 amide bonds. The van der Waals surface area contributed by atoms with Gasteiger partial charge in [0.05, 0.1) is 19.1 Å². The van der Waals surface area contributed by atoms with Crippen LogP contribution in [-0.4, -0.2) is 45.0 Å². The van der Waals surface area contributed by atoms with E-state index in [1.807, 2.05) is 43.3 Å². The lowest BCUT2D eigenvalue weighted by molar-refractivity contribution is -0.134. The molecule has 1 aromatic heterocycles. The third-order valence-corrected chi connectivity index (χ3v) is 4.30. The molecule has 156 valence electrons. The number of carboxylic acids is 2. The first-order chi connectivity index (χ1) is 14.3. The molecule has 1 heterocycles. The number of rotatable bonds is 7. The predicted molar refractivity (Wildman–Crippen MR) is 111 cm³/mol. The number of hydrogen-bond acceptors (Lipinski definition) is 5. The molecule has 30 heavy (non-hydrogen) atoms. The van der Waals surface area contributed by atoms with E-state index in [4.69, 9.17) is 14.9 Å². The molecule has 0 atom stereocenters. The molecule has 0 aliphatic heterocycles. The van der Waals surface area contributed by atoms with Crippen molar-refractivity contribution in [3.8, 4) is 5.75 Å². The van der Waals surface area contributed by atoms with E-state index in [1.165, 1.54) is 0 Å². The first-order valence-corrected chi connectivity index (χ1v) is 9.05. The Labute approximate surface area is 172 Å². The largest absolute Gasteiger partial charge is 0.496 e. The summed E-state index contributed by atoms with van der Waals surface area (Å²) < 4.78 is 5.37. The smallest absolute Gasteiger partial charge is 0.328 e. The van der Waals surface area contributed by atoms with Crippen molar-refractivity contribution < 1.29 is 29.3 Å². The SMILES string of the molecule is COc1ccc(C(=O)CCc2nc[nH]c2C)c2ccccc12.O=C(O)/C=C\C(=O)O. The number of ketones is 1. The fourth-order valence-electron chi connectivity index (χ4n) is 2.84. The molecule has 0 saturated carbocycles. The molecule has 0 radical (unpaired) electrons. The number of methoxy groups -OCH3 is 1. The zero-order valence-electron chi connectivity index (χ0n) is 16.6. The highest BCUT2D eigenvalue weighted by Gasteiger charge is 2.13. The number of aryl methyl sites for hydroxylation is 2. The van der Waals surface area contributed by atoms with Crippen LogP contribution in [0.2, 0.25) is 0 Å². The van der Waals surface area contributed by atoms with E-state index in [0.29, 0.717) is 25.0 Å². The van der Waals surface area contributed by atoms with Crippen LogP contribution in [0.4, 0.5) is 0 Å². The Balaban J connectivity index is 0.000000343. The van der Waals surface area contributed by atoms with Crippen LogP contribution in [0, 0.1) is 6.92 Å². The Kier molecular flexibility index (Phi) is 7.87. The highest BCUT2D eigenvalue weighted by atomic mass is 16.5. The molecule has 0 aliphatic rings. The molecule has 8 heteroatoms. The van der Waals surface area contributed by atoms with Gasteiger partial charge in [0, 0.05) is 35.2 Å². The minimum Gasteiger partial charge on any atom is -0.496 e. The Hall–Kier alpha value is -3.94. The molecule has 2 aromatic carbocycles. The van der Waals surface area contributed by atoms with Gasteiger partial charge >= 0.3 is 11.9 Å². The van der Waals surface area contributed by atoms with Gasteiger partial charge < -0.3 is 19.9 Å². The van der Waals surface area contributed by atoms with Gasteiger partial charge in [-0.3, -0.25) is 4.79 Å². The summed E-state index contributed by atoms with van der Waals surface area (Å²) in [5.41, 5.74) is 2.71. The lowest BCUT2D eigenvalue weighted by Gasteiger charge is -2.09. The van der Waals surface area contributed by atoms with Crippen LogP contribution >= 0.6 is 0 Å². The number of carboxylic acid groups (broad SMARTS) is 2. The number of ether oxygens (including phenoxy) is 1. The number of H-pyrrole nitrogens is 1. The van der Waals surface area contributed by atoms with Gasteiger partial charge in [0.25, 0.3) is 0 Å². The molecule has 0 spiro atoms. The second kappa shape index (κ2) is 10.6. The quantitative estimate of drug-likeness (QED) is 0.402. The Morgan fingerprint density at radius 3 is 2.20 bits per heavy atom. The molecule has 0 unspecified atom stereocenters. The number of aliphatic carboxylic acids is 2. The molecule has 3 aromatic rings. The maximum atomic E-state index is 12.6. The van der Waals surface area contributed by atoms with Crippen LogP contribution in [0.25, 0.3) is 10.8 Å². The summed E-state index contributed by atoms with van der Waals surface area (Å²) in [5.74, 6) is -1.60. The number of aromatic amines is 1. The Morgan fingerprint density at radius 2 is 1.67 bits per heavy atom. The highest BCUT2D eigenvalue weighted by Crippen LogP contribution is 2.29. The highest BCUT2D eigenvalue weighted by molar-refractivity contribution is 6.09. The number of hydrogen-bond donors (Lipinski definition) is 3. The summed E-state index contributed by atoms with van der Waals surface area (Å²) in [5, 5.41) is 17.5. The summed E-state index contributed by atoms with van der Waals surface area (Å²) in [7, 11) is 1.64. The van der Waals surface area contributed by atoms with Crippen molar-refractivity contribution in [1.82, 2.24) is 9.97 Å². The number of nitrogens with one attached hydrogen (secondary N) is 1. The lowest BCUT2D eigenvalue weighted by atomic mass is 9.98.